The molecule has 0 radical (unpaired) electrons. The summed E-state index contributed by atoms with van der Waals surface area (Å²) in [5.74, 6) is 0.451. The van der Waals surface area contributed by atoms with Crippen LogP contribution in [0, 0.1) is 0 Å². The van der Waals surface area contributed by atoms with E-state index in [0.717, 1.165) is 0 Å². The number of hydrogen-bond acceptors (Lipinski definition) is 5. The summed E-state index contributed by atoms with van der Waals surface area (Å²) in [6.07, 6.45) is 0. The van der Waals surface area contributed by atoms with Gasteiger partial charge in [-0.05, 0) is 25.3 Å². The maximum Gasteiger partial charge on any atom is 0.318 e. The van der Waals surface area contributed by atoms with E-state index in [2.05, 4.69) is 28.6 Å². The lowest BCUT2D eigenvalue weighted by atomic mass is 10.2. The van der Waals surface area contributed by atoms with E-state index in [1.54, 1.807) is 11.3 Å². The predicted molar refractivity (Wildman–Crippen MR) is 69.7 cm³/mol. The Labute approximate surface area is 109 Å². The fourth-order valence-corrected chi connectivity index (χ4v) is 2.33. The van der Waals surface area contributed by atoms with Gasteiger partial charge in [-0.25, -0.2) is 0 Å². The minimum atomic E-state index is -0.262. The van der Waals surface area contributed by atoms with Crippen molar-refractivity contribution in [2.45, 2.75) is 25.3 Å². The molecule has 0 saturated carbocycles. The summed E-state index contributed by atoms with van der Waals surface area (Å²) in [6.45, 7) is 3.90. The molecule has 2 atom stereocenters. The zero-order valence-corrected chi connectivity index (χ0v) is 11.5. The van der Waals surface area contributed by atoms with Crippen LogP contribution in [0.5, 0.6) is 0 Å². The van der Waals surface area contributed by atoms with Crippen LogP contribution < -0.4 is 4.90 Å². The monoisotopic (exact) mass is 271 g/mol. The lowest BCUT2D eigenvalue weighted by molar-refractivity contribution is 0.480. The molecule has 0 spiro atoms. The third-order valence-electron chi connectivity index (χ3n) is 2.61. The third kappa shape index (κ3) is 2.61. The molecular weight excluding hydrogens is 258 g/mol. The SMILES string of the molecule is CC(Cl)c1nnc(N(C)C(C)c2cccs2)o1. The second-order valence-electron chi connectivity index (χ2n) is 3.84. The van der Waals surface area contributed by atoms with Crippen molar-refractivity contribution in [1.29, 1.82) is 0 Å². The fourth-order valence-electron chi connectivity index (χ4n) is 1.42. The molecule has 6 heteroatoms. The van der Waals surface area contributed by atoms with Gasteiger partial charge in [0, 0.05) is 11.9 Å². The van der Waals surface area contributed by atoms with Gasteiger partial charge in [0.25, 0.3) is 0 Å². The molecule has 2 aromatic heterocycles. The van der Waals surface area contributed by atoms with E-state index in [1.807, 2.05) is 24.9 Å². The van der Waals surface area contributed by atoms with Crippen molar-refractivity contribution in [2.75, 3.05) is 11.9 Å². The van der Waals surface area contributed by atoms with Crippen LogP contribution >= 0.6 is 22.9 Å². The van der Waals surface area contributed by atoms with Gasteiger partial charge in [-0.1, -0.05) is 11.2 Å². The zero-order valence-electron chi connectivity index (χ0n) is 9.92. The number of anilines is 1. The highest BCUT2D eigenvalue weighted by atomic mass is 35.5. The molecule has 0 aliphatic heterocycles. The van der Waals surface area contributed by atoms with Crippen LogP contribution in [0.2, 0.25) is 0 Å². The van der Waals surface area contributed by atoms with Crippen LogP contribution in [0.3, 0.4) is 0 Å². The summed E-state index contributed by atoms with van der Waals surface area (Å²) >= 11 is 7.60. The number of alkyl halides is 1. The summed E-state index contributed by atoms with van der Waals surface area (Å²) in [7, 11) is 1.93. The molecule has 0 amide bonds. The van der Waals surface area contributed by atoms with Crippen LogP contribution in [0.25, 0.3) is 0 Å². The first-order valence-corrected chi connectivity index (χ1v) is 6.65. The fraction of sp³-hybridized carbons (Fsp3) is 0.455. The average Bonchev–Trinajstić information content (AvgIpc) is 2.97. The smallest absolute Gasteiger partial charge is 0.318 e. The van der Waals surface area contributed by atoms with Crippen molar-refractivity contribution in [3.8, 4) is 0 Å². The molecule has 0 aromatic carbocycles. The molecular formula is C11H14ClN3OS. The molecule has 2 rings (SSSR count). The van der Waals surface area contributed by atoms with Gasteiger partial charge >= 0.3 is 6.01 Å². The van der Waals surface area contributed by atoms with Crippen LogP contribution in [0.4, 0.5) is 6.01 Å². The highest BCUT2D eigenvalue weighted by Crippen LogP contribution is 2.28. The molecule has 92 valence electrons. The first-order valence-electron chi connectivity index (χ1n) is 5.33. The first kappa shape index (κ1) is 12.4. The Morgan fingerprint density at radius 1 is 1.41 bits per heavy atom. The van der Waals surface area contributed by atoms with Crippen LogP contribution in [-0.4, -0.2) is 17.2 Å². The molecule has 0 bridgehead atoms. The van der Waals surface area contributed by atoms with E-state index < -0.39 is 0 Å². The molecule has 0 N–H and O–H groups in total. The zero-order chi connectivity index (χ0) is 12.4. The van der Waals surface area contributed by atoms with E-state index in [-0.39, 0.29) is 11.4 Å². The molecule has 17 heavy (non-hydrogen) atoms. The summed E-state index contributed by atoms with van der Waals surface area (Å²) in [5.41, 5.74) is 0. The summed E-state index contributed by atoms with van der Waals surface area (Å²) in [5, 5.41) is 9.70. The number of hydrogen-bond donors (Lipinski definition) is 0. The van der Waals surface area contributed by atoms with E-state index >= 15 is 0 Å². The predicted octanol–water partition coefficient (Wildman–Crippen LogP) is 3.63. The van der Waals surface area contributed by atoms with Crippen LogP contribution in [0.1, 0.15) is 36.0 Å². The molecule has 0 aliphatic carbocycles. The molecule has 0 aliphatic rings. The largest absolute Gasteiger partial charge is 0.406 e. The quantitative estimate of drug-likeness (QED) is 0.797. The van der Waals surface area contributed by atoms with Gasteiger partial charge in [-0.2, -0.15) is 0 Å². The van der Waals surface area contributed by atoms with Crippen molar-refractivity contribution < 1.29 is 4.42 Å². The van der Waals surface area contributed by atoms with E-state index in [0.29, 0.717) is 11.9 Å². The number of nitrogens with zero attached hydrogens (tertiary/aromatic N) is 3. The van der Waals surface area contributed by atoms with Crippen molar-refractivity contribution in [2.24, 2.45) is 0 Å². The van der Waals surface area contributed by atoms with Crippen molar-refractivity contribution >= 4 is 29.0 Å². The van der Waals surface area contributed by atoms with Gasteiger partial charge in [0.1, 0.15) is 5.38 Å². The Bertz CT molecular complexity index is 469. The molecule has 4 nitrogen and oxygen atoms in total. The van der Waals surface area contributed by atoms with Gasteiger partial charge in [0.05, 0.1) is 6.04 Å². The van der Waals surface area contributed by atoms with Crippen LogP contribution in [-0.2, 0) is 0 Å². The summed E-state index contributed by atoms with van der Waals surface area (Å²) in [4.78, 5) is 3.20. The Hall–Kier alpha value is -1.07. The number of aromatic nitrogens is 2. The normalized spacial score (nSPS) is 14.6. The topological polar surface area (TPSA) is 42.2 Å². The second-order valence-corrected chi connectivity index (χ2v) is 5.48. The van der Waals surface area contributed by atoms with Crippen molar-refractivity contribution in [3.05, 3.63) is 28.3 Å². The van der Waals surface area contributed by atoms with Gasteiger partial charge in [0.2, 0.25) is 5.89 Å². The minimum Gasteiger partial charge on any atom is -0.406 e. The Kier molecular flexibility index (Phi) is 3.69. The Morgan fingerprint density at radius 3 is 2.71 bits per heavy atom. The maximum absolute atomic E-state index is 5.89. The second kappa shape index (κ2) is 5.06. The van der Waals surface area contributed by atoms with E-state index in [1.165, 1.54) is 4.88 Å². The summed E-state index contributed by atoms with van der Waals surface area (Å²) in [6, 6.07) is 4.82. The third-order valence-corrected chi connectivity index (χ3v) is 3.84. The van der Waals surface area contributed by atoms with Crippen molar-refractivity contribution in [1.82, 2.24) is 10.2 Å². The van der Waals surface area contributed by atoms with Gasteiger partial charge in [-0.3, -0.25) is 0 Å². The summed E-state index contributed by atoms with van der Waals surface area (Å²) < 4.78 is 5.50. The minimum absolute atomic E-state index is 0.203. The average molecular weight is 272 g/mol. The lowest BCUT2D eigenvalue weighted by Gasteiger charge is -2.21. The Balaban J connectivity index is 2.16. The molecule has 2 aromatic rings. The van der Waals surface area contributed by atoms with Gasteiger partial charge in [-0.15, -0.1) is 28.0 Å². The maximum atomic E-state index is 5.89. The molecule has 0 saturated heterocycles. The molecule has 2 heterocycles. The van der Waals surface area contributed by atoms with Crippen LogP contribution in [0.15, 0.2) is 21.9 Å². The molecule has 2 unspecified atom stereocenters. The van der Waals surface area contributed by atoms with E-state index in [9.17, 15) is 0 Å². The van der Waals surface area contributed by atoms with Crippen molar-refractivity contribution in [3.63, 3.8) is 0 Å². The number of halogens is 1. The Morgan fingerprint density at radius 2 is 2.18 bits per heavy atom. The standard InChI is InChI=1S/C11H14ClN3OS/c1-7(12)10-13-14-11(16-10)15(3)8(2)9-5-4-6-17-9/h4-8H,1-3H3. The first-order chi connectivity index (χ1) is 8.09. The molecule has 0 fully saturated rings. The van der Waals surface area contributed by atoms with E-state index in [4.69, 9.17) is 16.0 Å². The highest BCUT2D eigenvalue weighted by molar-refractivity contribution is 7.10. The highest BCUT2D eigenvalue weighted by Gasteiger charge is 2.19. The van der Waals surface area contributed by atoms with Gasteiger partial charge in [0.15, 0.2) is 0 Å². The lowest BCUT2D eigenvalue weighted by Crippen LogP contribution is -2.21. The van der Waals surface area contributed by atoms with Gasteiger partial charge < -0.3 is 9.32 Å². The number of thiophene rings is 1. The number of rotatable bonds is 4.